The van der Waals surface area contributed by atoms with E-state index in [2.05, 4.69) is 15.9 Å². The van der Waals surface area contributed by atoms with Crippen LogP contribution in [0.5, 0.6) is 11.5 Å². The van der Waals surface area contributed by atoms with Crippen LogP contribution in [0.2, 0.25) is 0 Å². The van der Waals surface area contributed by atoms with Gasteiger partial charge in [0.15, 0.2) is 11.5 Å². The Labute approximate surface area is 187 Å². The molecule has 1 heterocycles. The average Bonchev–Trinajstić information content (AvgIpc) is 2.94. The van der Waals surface area contributed by atoms with Gasteiger partial charge in [-0.3, -0.25) is 9.69 Å². The van der Waals surface area contributed by atoms with E-state index in [9.17, 15) is 9.18 Å². The Kier molecular flexibility index (Phi) is 7.32. The van der Waals surface area contributed by atoms with Crippen LogP contribution < -0.4 is 9.47 Å². The molecule has 1 amide bonds. The maximum Gasteiger partial charge on any atom is 0.266 e. The number of amides is 1. The highest BCUT2D eigenvalue weighted by Crippen LogP contribution is 2.39. The normalized spacial score (nSPS) is 15.3. The van der Waals surface area contributed by atoms with Crippen molar-refractivity contribution < 1.29 is 18.7 Å². The van der Waals surface area contributed by atoms with E-state index in [0.717, 1.165) is 12.0 Å². The number of carbonyl (C=O) groups is 1. The summed E-state index contributed by atoms with van der Waals surface area (Å²) in [6, 6.07) is 9.87. The molecular weight excluding hydrogens is 477 g/mol. The molecule has 4 nitrogen and oxygen atoms in total. The molecular formula is C21H19BrFNO3S2. The van der Waals surface area contributed by atoms with Gasteiger partial charge in [0.05, 0.1) is 16.5 Å². The molecule has 0 N–H and O–H groups in total. The Morgan fingerprint density at radius 1 is 1.31 bits per heavy atom. The lowest BCUT2D eigenvalue weighted by Crippen LogP contribution is -2.28. The number of nitrogens with zero attached hydrogens (tertiary/aromatic N) is 1. The number of thioether (sulfide) groups is 1. The van der Waals surface area contributed by atoms with Gasteiger partial charge >= 0.3 is 0 Å². The first kappa shape index (κ1) is 21.8. The second-order valence-electron chi connectivity index (χ2n) is 6.29. The minimum Gasteiger partial charge on any atom is -0.493 e. The molecule has 0 bridgehead atoms. The lowest BCUT2D eigenvalue weighted by atomic mass is 10.1. The number of thiocarbonyl (C=S) groups is 1. The summed E-state index contributed by atoms with van der Waals surface area (Å²) >= 11 is 10.1. The highest BCUT2D eigenvalue weighted by molar-refractivity contribution is 9.10. The second kappa shape index (κ2) is 9.73. The van der Waals surface area contributed by atoms with Crippen LogP contribution in [-0.2, 0) is 11.4 Å². The number of hydrogen-bond donors (Lipinski definition) is 0. The zero-order valence-electron chi connectivity index (χ0n) is 15.9. The Morgan fingerprint density at radius 2 is 2.10 bits per heavy atom. The van der Waals surface area contributed by atoms with Gasteiger partial charge in [-0.2, -0.15) is 0 Å². The monoisotopic (exact) mass is 495 g/mol. The largest absolute Gasteiger partial charge is 0.493 e. The molecule has 0 aromatic heterocycles. The standard InChI is InChI=1S/C21H19BrFNO3S2/c1-3-7-24-20(25)18(29-21(24)28)11-14-9-16(22)19(17(10-14)26-2)27-12-13-5-4-6-15(23)8-13/h4-6,8-11H,3,7,12H2,1-2H3/b18-11-. The summed E-state index contributed by atoms with van der Waals surface area (Å²) in [6.45, 7) is 2.82. The SMILES string of the molecule is CCCN1C(=O)/C(=C/c2cc(Br)c(OCc3cccc(F)c3)c(OC)c2)SC1=S. The van der Waals surface area contributed by atoms with E-state index in [4.69, 9.17) is 21.7 Å². The molecule has 0 aliphatic carbocycles. The summed E-state index contributed by atoms with van der Waals surface area (Å²) in [5.41, 5.74) is 1.49. The van der Waals surface area contributed by atoms with Crippen molar-refractivity contribution >= 4 is 56.2 Å². The molecule has 29 heavy (non-hydrogen) atoms. The topological polar surface area (TPSA) is 38.8 Å². The fourth-order valence-electron chi connectivity index (χ4n) is 2.81. The Hall–Kier alpha value is -1.90. The Morgan fingerprint density at radius 3 is 2.79 bits per heavy atom. The molecule has 0 spiro atoms. The van der Waals surface area contributed by atoms with Gasteiger partial charge in [-0.25, -0.2) is 4.39 Å². The summed E-state index contributed by atoms with van der Waals surface area (Å²) in [7, 11) is 1.54. The number of benzene rings is 2. The average molecular weight is 496 g/mol. The first-order chi connectivity index (χ1) is 13.9. The van der Waals surface area contributed by atoms with Gasteiger partial charge in [-0.1, -0.05) is 43.0 Å². The van der Waals surface area contributed by atoms with Gasteiger partial charge in [-0.15, -0.1) is 0 Å². The van der Waals surface area contributed by atoms with Gasteiger partial charge < -0.3 is 9.47 Å². The van der Waals surface area contributed by atoms with Crippen molar-refractivity contribution in [1.29, 1.82) is 0 Å². The molecule has 152 valence electrons. The minimum atomic E-state index is -0.312. The predicted molar refractivity (Wildman–Crippen MR) is 122 cm³/mol. The van der Waals surface area contributed by atoms with Gasteiger partial charge in [0.1, 0.15) is 16.7 Å². The Bertz CT molecular complexity index is 980. The number of hydrogen-bond acceptors (Lipinski definition) is 5. The molecule has 1 aliphatic rings. The number of ether oxygens (including phenoxy) is 2. The molecule has 0 saturated carbocycles. The third-order valence-electron chi connectivity index (χ3n) is 4.14. The van der Waals surface area contributed by atoms with Crippen LogP contribution in [0.15, 0.2) is 45.8 Å². The van der Waals surface area contributed by atoms with Crippen LogP contribution in [0.25, 0.3) is 6.08 Å². The summed E-state index contributed by atoms with van der Waals surface area (Å²) in [6.07, 6.45) is 2.63. The first-order valence-electron chi connectivity index (χ1n) is 8.93. The zero-order chi connectivity index (χ0) is 21.0. The van der Waals surface area contributed by atoms with E-state index >= 15 is 0 Å². The quantitative estimate of drug-likeness (QED) is 0.359. The molecule has 0 atom stereocenters. The van der Waals surface area contributed by atoms with E-state index in [0.29, 0.717) is 37.3 Å². The summed E-state index contributed by atoms with van der Waals surface area (Å²) in [5, 5.41) is 0. The van der Waals surface area contributed by atoms with Crippen LogP contribution in [0.1, 0.15) is 24.5 Å². The maximum absolute atomic E-state index is 13.4. The van der Waals surface area contributed by atoms with E-state index < -0.39 is 0 Å². The van der Waals surface area contributed by atoms with Crippen LogP contribution >= 0.6 is 39.9 Å². The van der Waals surface area contributed by atoms with Crippen molar-refractivity contribution in [1.82, 2.24) is 4.90 Å². The highest BCUT2D eigenvalue weighted by atomic mass is 79.9. The van der Waals surface area contributed by atoms with Crippen molar-refractivity contribution in [3.05, 3.63) is 62.7 Å². The number of rotatable bonds is 7. The predicted octanol–water partition coefficient (Wildman–Crippen LogP) is 5.79. The summed E-state index contributed by atoms with van der Waals surface area (Å²) in [5.74, 6) is 0.620. The van der Waals surface area contributed by atoms with Crippen molar-refractivity contribution in [3.8, 4) is 11.5 Å². The molecule has 0 radical (unpaired) electrons. The third kappa shape index (κ3) is 5.18. The van der Waals surface area contributed by atoms with Crippen molar-refractivity contribution in [3.63, 3.8) is 0 Å². The maximum atomic E-state index is 13.4. The first-order valence-corrected chi connectivity index (χ1v) is 10.9. The van der Waals surface area contributed by atoms with E-state index in [1.807, 2.05) is 13.0 Å². The van der Waals surface area contributed by atoms with Gasteiger partial charge in [0.25, 0.3) is 5.91 Å². The Balaban J connectivity index is 1.83. The van der Waals surface area contributed by atoms with Crippen LogP contribution in [0.3, 0.4) is 0 Å². The fourth-order valence-corrected chi connectivity index (χ4v) is 4.70. The molecule has 3 rings (SSSR count). The zero-order valence-corrected chi connectivity index (χ0v) is 19.1. The number of methoxy groups -OCH3 is 1. The van der Waals surface area contributed by atoms with Crippen LogP contribution in [0, 0.1) is 5.82 Å². The minimum absolute atomic E-state index is 0.0802. The molecule has 1 aliphatic heterocycles. The number of carbonyl (C=O) groups excluding carboxylic acids is 1. The van der Waals surface area contributed by atoms with E-state index in [1.165, 1.54) is 23.9 Å². The molecule has 0 unspecified atom stereocenters. The molecule has 2 aromatic carbocycles. The van der Waals surface area contributed by atoms with Gasteiger partial charge in [-0.05, 0) is 63.8 Å². The highest BCUT2D eigenvalue weighted by Gasteiger charge is 2.31. The lowest BCUT2D eigenvalue weighted by Gasteiger charge is -2.14. The third-order valence-corrected chi connectivity index (χ3v) is 6.11. The van der Waals surface area contributed by atoms with Crippen molar-refractivity contribution in [2.24, 2.45) is 0 Å². The molecule has 2 aromatic rings. The van der Waals surface area contributed by atoms with Gasteiger partial charge in [0.2, 0.25) is 0 Å². The fraction of sp³-hybridized carbons (Fsp3) is 0.238. The van der Waals surface area contributed by atoms with Crippen molar-refractivity contribution in [2.45, 2.75) is 20.0 Å². The van der Waals surface area contributed by atoms with Crippen molar-refractivity contribution in [2.75, 3.05) is 13.7 Å². The lowest BCUT2D eigenvalue weighted by molar-refractivity contribution is -0.122. The number of halogens is 2. The molecule has 1 saturated heterocycles. The second-order valence-corrected chi connectivity index (χ2v) is 8.82. The molecule has 8 heteroatoms. The van der Waals surface area contributed by atoms with Crippen LogP contribution in [0.4, 0.5) is 4.39 Å². The van der Waals surface area contributed by atoms with Crippen LogP contribution in [-0.4, -0.2) is 28.8 Å². The van der Waals surface area contributed by atoms with E-state index in [-0.39, 0.29) is 18.3 Å². The molecule has 1 fully saturated rings. The summed E-state index contributed by atoms with van der Waals surface area (Å²) in [4.78, 5) is 14.7. The summed E-state index contributed by atoms with van der Waals surface area (Å²) < 4.78 is 25.9. The van der Waals surface area contributed by atoms with E-state index in [1.54, 1.807) is 36.3 Å². The smallest absolute Gasteiger partial charge is 0.266 e. The van der Waals surface area contributed by atoms with Gasteiger partial charge in [0, 0.05) is 6.54 Å².